The second kappa shape index (κ2) is 4.76. The van der Waals surface area contributed by atoms with Crippen LogP contribution >= 0.6 is 0 Å². The Kier molecular flexibility index (Phi) is 4.35. The molecule has 0 saturated carbocycles. The molecule has 0 aromatic rings. The minimum Gasteiger partial charge on any atom is -0.0961 e. The molecule has 0 heterocycles. The Bertz CT molecular complexity index is 245. The molecule has 12 heavy (non-hydrogen) atoms. The van der Waals surface area contributed by atoms with Crippen molar-refractivity contribution in [3.63, 3.8) is 0 Å². The highest BCUT2D eigenvalue weighted by atomic mass is 14.0. The van der Waals surface area contributed by atoms with Gasteiger partial charge in [-0.3, -0.25) is 0 Å². The van der Waals surface area contributed by atoms with Gasteiger partial charge in [0.15, 0.2) is 0 Å². The normalized spacial score (nSPS) is 10.8. The Labute approximate surface area is 76.0 Å². The molecule has 0 saturated heterocycles. The zero-order valence-corrected chi connectivity index (χ0v) is 8.57. The maximum atomic E-state index is 3.91. The van der Waals surface area contributed by atoms with Gasteiger partial charge in [-0.1, -0.05) is 42.0 Å². The van der Waals surface area contributed by atoms with Crippen molar-refractivity contribution in [3.05, 3.63) is 47.6 Å². The zero-order chi connectivity index (χ0) is 9.72. The lowest BCUT2D eigenvalue weighted by atomic mass is 10.0. The summed E-state index contributed by atoms with van der Waals surface area (Å²) in [4.78, 5) is 0. The number of allylic oxidation sites excluding steroid dienone is 6. The standard InChI is InChI=1S/C12H18/c1-9(2)7-12(11(5)6)8-10(3)4/h7-8H,1,5H2,2-4,6H3/b12-7+. The highest BCUT2D eigenvalue weighted by Crippen LogP contribution is 2.13. The average Bonchev–Trinajstić information content (AvgIpc) is 1.83. The van der Waals surface area contributed by atoms with Crippen molar-refractivity contribution in [2.75, 3.05) is 0 Å². The number of rotatable bonds is 3. The van der Waals surface area contributed by atoms with Crippen LogP contribution in [0.4, 0.5) is 0 Å². The first-order chi connectivity index (χ1) is 5.43. The van der Waals surface area contributed by atoms with E-state index >= 15 is 0 Å². The maximum Gasteiger partial charge on any atom is -0.0231 e. The lowest BCUT2D eigenvalue weighted by molar-refractivity contribution is 1.33. The second-order valence-corrected chi connectivity index (χ2v) is 3.45. The molecule has 0 aliphatic heterocycles. The summed E-state index contributed by atoms with van der Waals surface area (Å²) in [5, 5.41) is 0. The van der Waals surface area contributed by atoms with E-state index in [1.54, 1.807) is 0 Å². The van der Waals surface area contributed by atoms with Crippen molar-refractivity contribution < 1.29 is 0 Å². The molecule has 0 bridgehead atoms. The van der Waals surface area contributed by atoms with Gasteiger partial charge in [0.1, 0.15) is 0 Å². The van der Waals surface area contributed by atoms with Gasteiger partial charge in [-0.2, -0.15) is 0 Å². The molecule has 0 N–H and O–H groups in total. The smallest absolute Gasteiger partial charge is 0.0231 e. The fraction of sp³-hybridized carbons (Fsp3) is 0.333. The number of hydrogen-bond donors (Lipinski definition) is 0. The molecule has 0 aromatic heterocycles. The lowest BCUT2D eigenvalue weighted by Crippen LogP contribution is -1.81. The predicted molar refractivity (Wildman–Crippen MR) is 57.1 cm³/mol. The van der Waals surface area contributed by atoms with E-state index in [-0.39, 0.29) is 0 Å². The monoisotopic (exact) mass is 162 g/mol. The van der Waals surface area contributed by atoms with Crippen molar-refractivity contribution in [1.82, 2.24) is 0 Å². The molecule has 0 aliphatic carbocycles. The summed E-state index contributed by atoms with van der Waals surface area (Å²) < 4.78 is 0. The van der Waals surface area contributed by atoms with Crippen LogP contribution in [-0.2, 0) is 0 Å². The Morgan fingerprint density at radius 1 is 0.917 bits per heavy atom. The van der Waals surface area contributed by atoms with Crippen LogP contribution in [0.15, 0.2) is 47.6 Å². The van der Waals surface area contributed by atoms with E-state index in [4.69, 9.17) is 0 Å². The predicted octanol–water partition coefficient (Wildman–Crippen LogP) is 4.03. The molecule has 0 nitrogen and oxygen atoms in total. The molecule has 0 rings (SSSR count). The van der Waals surface area contributed by atoms with Gasteiger partial charge in [-0.15, -0.1) is 0 Å². The second-order valence-electron chi connectivity index (χ2n) is 3.45. The molecule has 66 valence electrons. The molecule has 0 radical (unpaired) electrons. The summed E-state index contributed by atoms with van der Waals surface area (Å²) in [7, 11) is 0. The Hall–Kier alpha value is -1.04. The fourth-order valence-corrected chi connectivity index (χ4v) is 0.865. The molecule has 0 spiro atoms. The maximum absolute atomic E-state index is 3.91. The van der Waals surface area contributed by atoms with E-state index in [1.165, 1.54) is 11.1 Å². The van der Waals surface area contributed by atoms with E-state index in [1.807, 2.05) is 13.8 Å². The van der Waals surface area contributed by atoms with Gasteiger partial charge in [0.2, 0.25) is 0 Å². The van der Waals surface area contributed by atoms with E-state index in [2.05, 4.69) is 39.2 Å². The molecule has 0 fully saturated rings. The zero-order valence-electron chi connectivity index (χ0n) is 8.57. The van der Waals surface area contributed by atoms with Crippen LogP contribution in [0, 0.1) is 0 Å². The van der Waals surface area contributed by atoms with Crippen LogP contribution in [0.25, 0.3) is 0 Å². The quantitative estimate of drug-likeness (QED) is 0.549. The van der Waals surface area contributed by atoms with Gasteiger partial charge < -0.3 is 0 Å². The fourth-order valence-electron chi connectivity index (χ4n) is 0.865. The first-order valence-electron chi connectivity index (χ1n) is 4.11. The van der Waals surface area contributed by atoms with Crippen molar-refractivity contribution >= 4 is 0 Å². The van der Waals surface area contributed by atoms with Gasteiger partial charge in [0.25, 0.3) is 0 Å². The van der Waals surface area contributed by atoms with E-state index in [9.17, 15) is 0 Å². The largest absolute Gasteiger partial charge is 0.0961 e. The van der Waals surface area contributed by atoms with Gasteiger partial charge in [0.05, 0.1) is 0 Å². The molecular formula is C12H18. The molecule has 0 atom stereocenters. The van der Waals surface area contributed by atoms with Gasteiger partial charge >= 0.3 is 0 Å². The summed E-state index contributed by atoms with van der Waals surface area (Å²) in [6.45, 7) is 15.9. The lowest BCUT2D eigenvalue weighted by Gasteiger charge is -2.01. The van der Waals surface area contributed by atoms with Crippen LogP contribution < -0.4 is 0 Å². The molecule has 0 unspecified atom stereocenters. The molecule has 0 aliphatic rings. The summed E-state index contributed by atoms with van der Waals surface area (Å²) in [5.74, 6) is 0. The third-order valence-corrected chi connectivity index (χ3v) is 1.34. The van der Waals surface area contributed by atoms with Gasteiger partial charge in [0, 0.05) is 0 Å². The molecular weight excluding hydrogens is 144 g/mol. The van der Waals surface area contributed by atoms with Crippen LogP contribution in [0.2, 0.25) is 0 Å². The summed E-state index contributed by atoms with van der Waals surface area (Å²) in [6.07, 6.45) is 4.17. The summed E-state index contributed by atoms with van der Waals surface area (Å²) in [5.41, 5.74) is 4.60. The van der Waals surface area contributed by atoms with Crippen LogP contribution in [0.3, 0.4) is 0 Å². The summed E-state index contributed by atoms with van der Waals surface area (Å²) >= 11 is 0. The van der Waals surface area contributed by atoms with Crippen molar-refractivity contribution in [2.45, 2.75) is 27.7 Å². The summed E-state index contributed by atoms with van der Waals surface area (Å²) in [6, 6.07) is 0. The third kappa shape index (κ3) is 4.73. The van der Waals surface area contributed by atoms with Crippen LogP contribution in [0.5, 0.6) is 0 Å². The van der Waals surface area contributed by atoms with E-state index in [0.29, 0.717) is 0 Å². The Morgan fingerprint density at radius 3 is 1.67 bits per heavy atom. The van der Waals surface area contributed by atoms with Crippen LogP contribution in [-0.4, -0.2) is 0 Å². The first kappa shape index (κ1) is 11.0. The van der Waals surface area contributed by atoms with Gasteiger partial charge in [-0.05, 0) is 33.3 Å². The minimum absolute atomic E-state index is 1.06. The highest BCUT2D eigenvalue weighted by Gasteiger charge is 1.93. The molecule has 0 heteroatoms. The Morgan fingerprint density at radius 2 is 1.42 bits per heavy atom. The molecule has 0 amide bonds. The van der Waals surface area contributed by atoms with Crippen molar-refractivity contribution in [3.8, 4) is 0 Å². The first-order valence-corrected chi connectivity index (χ1v) is 4.11. The van der Waals surface area contributed by atoms with E-state index < -0.39 is 0 Å². The third-order valence-electron chi connectivity index (χ3n) is 1.34. The van der Waals surface area contributed by atoms with E-state index in [0.717, 1.165) is 11.1 Å². The SMILES string of the molecule is C=C(C)/C=C(\C=C(C)C)C(=C)C. The van der Waals surface area contributed by atoms with Gasteiger partial charge in [-0.25, -0.2) is 0 Å². The molecule has 0 aromatic carbocycles. The number of hydrogen-bond acceptors (Lipinski definition) is 0. The highest BCUT2D eigenvalue weighted by molar-refractivity contribution is 5.41. The Balaban J connectivity index is 4.81. The average molecular weight is 162 g/mol. The van der Waals surface area contributed by atoms with Crippen LogP contribution in [0.1, 0.15) is 27.7 Å². The van der Waals surface area contributed by atoms with Crippen molar-refractivity contribution in [2.24, 2.45) is 0 Å². The van der Waals surface area contributed by atoms with Crippen molar-refractivity contribution in [1.29, 1.82) is 0 Å². The topological polar surface area (TPSA) is 0 Å². The minimum atomic E-state index is 1.06.